The van der Waals surface area contributed by atoms with Crippen LogP contribution in [0.2, 0.25) is 0 Å². The van der Waals surface area contributed by atoms with E-state index in [2.05, 4.69) is 9.19 Å². The van der Waals surface area contributed by atoms with Crippen molar-refractivity contribution in [3.05, 3.63) is 60.2 Å². The minimum Gasteiger partial charge on any atom is -0.481 e. The molecule has 0 bridgehead atoms. The Kier molecular flexibility index (Phi) is 10.00. The van der Waals surface area contributed by atoms with Crippen molar-refractivity contribution >= 4 is 42.1 Å². The summed E-state index contributed by atoms with van der Waals surface area (Å²) in [6.07, 6.45) is 0.582. The van der Waals surface area contributed by atoms with Crippen LogP contribution in [0.3, 0.4) is 0 Å². The third-order valence-corrected chi connectivity index (χ3v) is 6.35. The summed E-state index contributed by atoms with van der Waals surface area (Å²) in [4.78, 5) is 32.0. The van der Waals surface area contributed by atoms with E-state index in [4.69, 9.17) is 15.5 Å². The maximum absolute atomic E-state index is 11.4. The Hall–Kier alpha value is -2.91. The zero-order valence-electron chi connectivity index (χ0n) is 16.0. The second-order valence-electron chi connectivity index (χ2n) is 6.05. The van der Waals surface area contributed by atoms with Crippen LogP contribution in [0, 0.1) is 5.92 Å². The smallest absolute Gasteiger partial charge is 0.317 e. The van der Waals surface area contributed by atoms with Gasteiger partial charge in [-0.2, -0.15) is 0 Å². The van der Waals surface area contributed by atoms with Crippen LogP contribution in [-0.4, -0.2) is 51.6 Å². The monoisotopic (exact) mass is 483 g/mol. The van der Waals surface area contributed by atoms with E-state index in [1.807, 2.05) is 30.3 Å². The van der Waals surface area contributed by atoms with Gasteiger partial charge in [-0.15, -0.1) is 0 Å². The number of carbonyl (C=O) groups excluding carboxylic acids is 1. The third kappa shape index (κ3) is 8.22. The first kappa shape index (κ1) is 25.1. The number of benzene rings is 2. The molecular formula is C19H22AsNO9. The van der Waals surface area contributed by atoms with Gasteiger partial charge in [0.1, 0.15) is 0 Å². The van der Waals surface area contributed by atoms with Crippen molar-refractivity contribution in [2.45, 2.75) is 19.8 Å². The average molecular weight is 483 g/mol. The van der Waals surface area contributed by atoms with Crippen molar-refractivity contribution in [2.75, 3.05) is 5.32 Å². The summed E-state index contributed by atoms with van der Waals surface area (Å²) in [7, 11) is 0. The predicted octanol–water partition coefficient (Wildman–Crippen LogP) is 1.11. The number of amides is 1. The van der Waals surface area contributed by atoms with E-state index in [1.54, 1.807) is 6.07 Å². The van der Waals surface area contributed by atoms with Crippen LogP contribution in [0.25, 0.3) is 0 Å². The van der Waals surface area contributed by atoms with Crippen LogP contribution in [0.5, 0.6) is 0 Å². The molecule has 0 heterocycles. The molecule has 0 spiro atoms. The van der Waals surface area contributed by atoms with Crippen molar-refractivity contribution in [3.8, 4) is 0 Å². The summed E-state index contributed by atoms with van der Waals surface area (Å²) in [6.45, 7) is 1.27. The normalized spacial score (nSPS) is 12.3. The minimum absolute atomic E-state index is 0.103. The van der Waals surface area contributed by atoms with Gasteiger partial charge in [0.05, 0.1) is 0 Å². The molecule has 0 saturated heterocycles. The van der Waals surface area contributed by atoms with E-state index in [0.717, 1.165) is 5.56 Å². The van der Waals surface area contributed by atoms with Crippen molar-refractivity contribution in [3.63, 3.8) is 0 Å². The number of carboxylic acid groups (broad SMARTS) is 2. The van der Waals surface area contributed by atoms with Crippen molar-refractivity contribution in [2.24, 2.45) is 5.92 Å². The molecule has 0 radical (unpaired) electrons. The quantitative estimate of drug-likeness (QED) is 0.160. The van der Waals surface area contributed by atoms with Crippen LogP contribution in [0.15, 0.2) is 54.6 Å². The molecule has 0 aliphatic rings. The molecule has 1 amide bonds. The van der Waals surface area contributed by atoms with E-state index in [0.29, 0.717) is 6.42 Å². The summed E-state index contributed by atoms with van der Waals surface area (Å²) < 4.78 is 24.1. The predicted molar refractivity (Wildman–Crippen MR) is 106 cm³/mol. The number of carboxylic acids is 2. The number of nitrogens with one attached hydrogen (secondary N) is 1. The fourth-order valence-electron chi connectivity index (χ4n) is 2.37. The first-order valence-corrected chi connectivity index (χ1v) is 11.9. The maximum atomic E-state index is 11.4. The molecule has 0 aliphatic heterocycles. The fraction of sp³-hybridized carbons (Fsp3) is 0.211. The zero-order valence-corrected chi connectivity index (χ0v) is 17.8. The van der Waals surface area contributed by atoms with E-state index in [-0.39, 0.29) is 22.4 Å². The van der Waals surface area contributed by atoms with Gasteiger partial charge in [0.25, 0.3) is 0 Å². The molecule has 11 heteroatoms. The van der Waals surface area contributed by atoms with E-state index >= 15 is 0 Å². The SMILES string of the molecule is CC(=O)Nc1ccccc1[As](=O)(O)OO.O=C(O)C(CCc1ccccc1)C(=O)O. The van der Waals surface area contributed by atoms with Gasteiger partial charge in [0.15, 0.2) is 5.92 Å². The second-order valence-corrected chi connectivity index (χ2v) is 9.59. The first-order valence-electron chi connectivity index (χ1n) is 8.61. The molecule has 0 saturated carbocycles. The molecule has 1 atom stereocenters. The van der Waals surface area contributed by atoms with Gasteiger partial charge in [-0.25, -0.2) is 0 Å². The van der Waals surface area contributed by atoms with Gasteiger partial charge in [-0.3, -0.25) is 9.59 Å². The number of hydrogen-bond acceptors (Lipinski definition) is 6. The molecule has 2 rings (SSSR count). The molecule has 2 aromatic carbocycles. The molecule has 1 unspecified atom stereocenters. The molecule has 0 fully saturated rings. The molecule has 0 aromatic heterocycles. The number of carbonyl (C=O) groups is 3. The molecule has 5 N–H and O–H groups in total. The van der Waals surface area contributed by atoms with Gasteiger partial charge in [0.2, 0.25) is 0 Å². The summed E-state index contributed by atoms with van der Waals surface area (Å²) in [6, 6.07) is 15.1. The number of anilines is 1. The molecular weight excluding hydrogens is 461 g/mol. The van der Waals surface area contributed by atoms with Crippen LogP contribution in [0.1, 0.15) is 18.9 Å². The summed E-state index contributed by atoms with van der Waals surface area (Å²) in [5, 5.41) is 28.0. The maximum Gasteiger partial charge on any atom is 0.317 e. The summed E-state index contributed by atoms with van der Waals surface area (Å²) >= 11 is -4.92. The van der Waals surface area contributed by atoms with E-state index in [9.17, 15) is 22.2 Å². The van der Waals surface area contributed by atoms with Gasteiger partial charge in [-0.1, -0.05) is 30.3 Å². The summed E-state index contributed by atoms with van der Waals surface area (Å²) in [5.41, 5.74) is 1.11. The van der Waals surface area contributed by atoms with Gasteiger partial charge >= 0.3 is 100 Å². The van der Waals surface area contributed by atoms with Crippen molar-refractivity contribution in [1.82, 2.24) is 0 Å². The molecule has 2 aromatic rings. The first-order chi connectivity index (χ1) is 14.1. The zero-order chi connectivity index (χ0) is 22.7. The topological polar surface area (TPSA) is 170 Å². The van der Waals surface area contributed by atoms with Gasteiger partial charge in [-0.05, 0) is 18.4 Å². The Morgan fingerprint density at radius 2 is 1.53 bits per heavy atom. The largest absolute Gasteiger partial charge is 0.481 e. The third-order valence-electron chi connectivity index (χ3n) is 3.79. The summed E-state index contributed by atoms with van der Waals surface area (Å²) in [5.74, 6) is -4.25. The van der Waals surface area contributed by atoms with Crippen LogP contribution < -0.4 is 9.67 Å². The Labute approximate surface area is 175 Å². The van der Waals surface area contributed by atoms with Gasteiger partial charge in [0, 0.05) is 0 Å². The molecule has 30 heavy (non-hydrogen) atoms. The fourth-order valence-corrected chi connectivity index (χ4v) is 4.04. The van der Waals surface area contributed by atoms with Crippen LogP contribution in [-0.2, 0) is 28.4 Å². The Morgan fingerprint density at radius 1 is 1.00 bits per heavy atom. The van der Waals surface area contributed by atoms with Crippen molar-refractivity contribution < 1.29 is 41.6 Å². The van der Waals surface area contributed by atoms with E-state index in [1.165, 1.54) is 25.1 Å². The number of para-hydroxylation sites is 1. The Morgan fingerprint density at radius 3 is 2.03 bits per heavy atom. The standard InChI is InChI=1S/C11H12O4.C8H10AsNO5/c12-10(13)9(11(14)15)7-6-8-4-2-1-3-5-8;1-6(11)10-8-5-3-2-4-7(8)9(12,13)15-14/h1-5,9H,6-7H2,(H,12,13)(H,14,15);2-5,14H,1H3,(H,10,11)(H,12,13). The molecule has 162 valence electrons. The minimum atomic E-state index is -4.92. The number of aliphatic carboxylic acids is 2. The van der Waals surface area contributed by atoms with Gasteiger partial charge < -0.3 is 10.2 Å². The second kappa shape index (κ2) is 11.9. The number of aryl methyl sites for hydroxylation is 1. The average Bonchev–Trinajstić information content (AvgIpc) is 2.69. The van der Waals surface area contributed by atoms with E-state index < -0.39 is 32.0 Å². The Bertz CT molecular complexity index is 903. The Balaban J connectivity index is 0.000000300. The van der Waals surface area contributed by atoms with Crippen LogP contribution >= 0.6 is 0 Å². The number of hydrogen-bond donors (Lipinski definition) is 5. The molecule has 10 nitrogen and oxygen atoms in total. The molecule has 0 aliphatic carbocycles. The van der Waals surface area contributed by atoms with Crippen LogP contribution in [0.4, 0.5) is 5.69 Å². The number of rotatable bonds is 8. The van der Waals surface area contributed by atoms with Crippen molar-refractivity contribution in [1.29, 1.82) is 0 Å².